The highest BCUT2D eigenvalue weighted by atomic mass is 16.5. The Morgan fingerprint density at radius 2 is 1.75 bits per heavy atom. The molecule has 3 nitrogen and oxygen atoms in total. The van der Waals surface area contributed by atoms with E-state index in [0.717, 1.165) is 31.8 Å². The third-order valence-electron chi connectivity index (χ3n) is 3.51. The van der Waals surface area contributed by atoms with Gasteiger partial charge in [0, 0.05) is 25.3 Å². The highest BCUT2D eigenvalue weighted by Crippen LogP contribution is 2.22. The largest absolute Gasteiger partial charge is 0.488 e. The van der Waals surface area contributed by atoms with Crippen LogP contribution in [0.4, 0.5) is 0 Å². The molecule has 20 heavy (non-hydrogen) atoms. The highest BCUT2D eigenvalue weighted by molar-refractivity contribution is 5.29. The lowest BCUT2D eigenvalue weighted by Gasteiger charge is -2.27. The fourth-order valence-electron chi connectivity index (χ4n) is 2.49. The first-order chi connectivity index (χ1) is 9.44. The smallest absolute Gasteiger partial charge is 0.120 e. The van der Waals surface area contributed by atoms with Gasteiger partial charge in [0.2, 0.25) is 0 Å². The number of rotatable bonds is 4. The fraction of sp³-hybridized carbons (Fsp3) is 0.647. The van der Waals surface area contributed by atoms with Gasteiger partial charge in [-0.05, 0) is 58.2 Å². The summed E-state index contributed by atoms with van der Waals surface area (Å²) in [6.07, 6.45) is 2.21. The van der Waals surface area contributed by atoms with E-state index < -0.39 is 0 Å². The summed E-state index contributed by atoms with van der Waals surface area (Å²) < 4.78 is 11.2. The summed E-state index contributed by atoms with van der Waals surface area (Å²) >= 11 is 0. The summed E-state index contributed by atoms with van der Waals surface area (Å²) in [6, 6.07) is 9.35. The van der Waals surface area contributed by atoms with E-state index in [2.05, 4.69) is 57.3 Å². The van der Waals surface area contributed by atoms with Crippen molar-refractivity contribution in [1.82, 2.24) is 5.32 Å². The molecular weight excluding hydrogens is 250 g/mol. The third kappa shape index (κ3) is 4.80. The Hall–Kier alpha value is -1.06. The van der Waals surface area contributed by atoms with Gasteiger partial charge in [0.25, 0.3) is 0 Å². The van der Waals surface area contributed by atoms with Gasteiger partial charge >= 0.3 is 0 Å². The van der Waals surface area contributed by atoms with Crippen LogP contribution in [-0.2, 0) is 4.74 Å². The number of nitrogens with one attached hydrogen (secondary N) is 1. The quantitative estimate of drug-likeness (QED) is 0.910. The van der Waals surface area contributed by atoms with Crippen LogP contribution in [0, 0.1) is 0 Å². The van der Waals surface area contributed by atoms with Crippen molar-refractivity contribution in [2.75, 3.05) is 13.2 Å². The molecule has 0 bridgehead atoms. The summed E-state index contributed by atoms with van der Waals surface area (Å²) in [4.78, 5) is 0. The van der Waals surface area contributed by atoms with Crippen LogP contribution in [0.1, 0.15) is 52.1 Å². The van der Waals surface area contributed by atoms with Gasteiger partial charge in [0.15, 0.2) is 0 Å². The van der Waals surface area contributed by atoms with Crippen LogP contribution in [0.3, 0.4) is 0 Å². The fourth-order valence-corrected chi connectivity index (χ4v) is 2.49. The topological polar surface area (TPSA) is 30.5 Å². The van der Waals surface area contributed by atoms with Crippen LogP contribution < -0.4 is 10.1 Å². The summed E-state index contributed by atoms with van der Waals surface area (Å²) in [6.45, 7) is 10.2. The zero-order valence-corrected chi connectivity index (χ0v) is 13.1. The van der Waals surface area contributed by atoms with Gasteiger partial charge in [-0.1, -0.05) is 12.1 Å². The van der Waals surface area contributed by atoms with Gasteiger partial charge in [-0.2, -0.15) is 0 Å². The minimum atomic E-state index is -0.145. The van der Waals surface area contributed by atoms with Crippen LogP contribution in [-0.4, -0.2) is 24.9 Å². The second kappa shape index (κ2) is 6.59. The molecule has 0 radical (unpaired) electrons. The maximum absolute atomic E-state index is 5.85. The molecule has 1 atom stereocenters. The number of ether oxygens (including phenoxy) is 2. The Morgan fingerprint density at radius 1 is 1.15 bits per heavy atom. The Morgan fingerprint density at radius 3 is 2.30 bits per heavy atom. The molecule has 1 N–H and O–H groups in total. The van der Waals surface area contributed by atoms with Crippen LogP contribution in [0.15, 0.2) is 24.3 Å². The molecule has 0 unspecified atom stereocenters. The highest BCUT2D eigenvalue weighted by Gasteiger charge is 2.17. The minimum Gasteiger partial charge on any atom is -0.488 e. The molecule has 112 valence electrons. The second-order valence-electron chi connectivity index (χ2n) is 6.56. The monoisotopic (exact) mass is 277 g/mol. The lowest BCUT2D eigenvalue weighted by molar-refractivity contribution is 0.0754. The van der Waals surface area contributed by atoms with Crippen molar-refractivity contribution in [3.05, 3.63) is 29.8 Å². The molecule has 0 aromatic heterocycles. The molecule has 1 aromatic rings. The molecule has 1 aliphatic heterocycles. The minimum absolute atomic E-state index is 0.145. The SMILES string of the molecule is C[C@H](NC1CCOCC1)c1ccc(OC(C)(C)C)cc1. The zero-order chi connectivity index (χ0) is 14.6. The van der Waals surface area contributed by atoms with Crippen molar-refractivity contribution < 1.29 is 9.47 Å². The Balaban J connectivity index is 1.91. The van der Waals surface area contributed by atoms with Crippen molar-refractivity contribution in [2.45, 2.75) is 58.2 Å². The van der Waals surface area contributed by atoms with E-state index in [1.165, 1.54) is 5.56 Å². The first kappa shape index (κ1) is 15.3. The van der Waals surface area contributed by atoms with E-state index in [9.17, 15) is 0 Å². The van der Waals surface area contributed by atoms with Crippen LogP contribution >= 0.6 is 0 Å². The molecule has 1 aromatic carbocycles. The van der Waals surface area contributed by atoms with E-state index in [0.29, 0.717) is 12.1 Å². The lowest BCUT2D eigenvalue weighted by Crippen LogP contribution is -2.36. The van der Waals surface area contributed by atoms with E-state index in [1.807, 2.05) is 0 Å². The molecular formula is C17H27NO2. The standard InChI is InChI=1S/C17H27NO2/c1-13(18-15-9-11-19-12-10-15)14-5-7-16(8-6-14)20-17(2,3)4/h5-8,13,15,18H,9-12H2,1-4H3/t13-/m0/s1. The van der Waals surface area contributed by atoms with Gasteiger partial charge in [0.05, 0.1) is 0 Å². The lowest BCUT2D eigenvalue weighted by atomic mass is 10.0. The molecule has 0 aliphatic carbocycles. The third-order valence-corrected chi connectivity index (χ3v) is 3.51. The molecule has 3 heteroatoms. The van der Waals surface area contributed by atoms with E-state index in [4.69, 9.17) is 9.47 Å². The molecule has 0 spiro atoms. The normalized spacial score (nSPS) is 18.8. The molecule has 1 fully saturated rings. The van der Waals surface area contributed by atoms with Crippen molar-refractivity contribution in [3.8, 4) is 5.75 Å². The molecule has 1 saturated heterocycles. The summed E-state index contributed by atoms with van der Waals surface area (Å²) in [5.41, 5.74) is 1.16. The molecule has 1 aliphatic rings. The van der Waals surface area contributed by atoms with Gasteiger partial charge in [0.1, 0.15) is 11.4 Å². The van der Waals surface area contributed by atoms with Gasteiger partial charge in [-0.25, -0.2) is 0 Å². The number of hydrogen-bond acceptors (Lipinski definition) is 3. The number of hydrogen-bond donors (Lipinski definition) is 1. The van der Waals surface area contributed by atoms with Crippen LogP contribution in [0.2, 0.25) is 0 Å². The Bertz CT molecular complexity index is 402. The van der Waals surface area contributed by atoms with E-state index in [1.54, 1.807) is 0 Å². The molecule has 1 heterocycles. The summed E-state index contributed by atoms with van der Waals surface area (Å²) in [5, 5.41) is 3.68. The molecule has 0 amide bonds. The summed E-state index contributed by atoms with van der Waals surface area (Å²) in [5.74, 6) is 0.930. The maximum Gasteiger partial charge on any atom is 0.120 e. The average Bonchev–Trinajstić information content (AvgIpc) is 2.39. The maximum atomic E-state index is 5.85. The van der Waals surface area contributed by atoms with Gasteiger partial charge in [-0.3, -0.25) is 0 Å². The Kier molecular flexibility index (Phi) is 5.06. The van der Waals surface area contributed by atoms with E-state index >= 15 is 0 Å². The predicted molar refractivity (Wildman–Crippen MR) is 82.2 cm³/mol. The van der Waals surface area contributed by atoms with Crippen molar-refractivity contribution >= 4 is 0 Å². The van der Waals surface area contributed by atoms with Crippen LogP contribution in [0.5, 0.6) is 5.75 Å². The van der Waals surface area contributed by atoms with Gasteiger partial charge in [-0.15, -0.1) is 0 Å². The van der Waals surface area contributed by atoms with Crippen LogP contribution in [0.25, 0.3) is 0 Å². The summed E-state index contributed by atoms with van der Waals surface area (Å²) in [7, 11) is 0. The van der Waals surface area contributed by atoms with Crippen molar-refractivity contribution in [2.24, 2.45) is 0 Å². The Labute approximate surface area is 122 Å². The predicted octanol–water partition coefficient (Wildman–Crippen LogP) is 3.69. The molecule has 2 rings (SSSR count). The first-order valence-corrected chi connectivity index (χ1v) is 7.57. The van der Waals surface area contributed by atoms with Crippen molar-refractivity contribution in [3.63, 3.8) is 0 Å². The van der Waals surface area contributed by atoms with E-state index in [-0.39, 0.29) is 5.60 Å². The van der Waals surface area contributed by atoms with Crippen molar-refractivity contribution in [1.29, 1.82) is 0 Å². The molecule has 0 saturated carbocycles. The number of benzene rings is 1. The first-order valence-electron chi connectivity index (χ1n) is 7.57. The van der Waals surface area contributed by atoms with Gasteiger partial charge < -0.3 is 14.8 Å². The zero-order valence-electron chi connectivity index (χ0n) is 13.1. The second-order valence-corrected chi connectivity index (χ2v) is 6.56. The average molecular weight is 277 g/mol.